The topological polar surface area (TPSA) is 50.1 Å². The highest BCUT2D eigenvalue weighted by Gasteiger charge is 2.35. The van der Waals surface area contributed by atoms with Crippen LogP contribution >= 0.6 is 0 Å². The van der Waals surface area contributed by atoms with Crippen LogP contribution in [0, 0.1) is 24.2 Å². The van der Waals surface area contributed by atoms with Crippen LogP contribution < -0.4 is 0 Å². The van der Waals surface area contributed by atoms with E-state index in [-0.39, 0.29) is 17.3 Å². The molecule has 0 saturated carbocycles. The summed E-state index contributed by atoms with van der Waals surface area (Å²) >= 11 is 0. The first-order valence-electron chi connectivity index (χ1n) is 6.23. The number of allylic oxidation sites excluding steroid dienone is 1. The van der Waals surface area contributed by atoms with Crippen LogP contribution in [0.1, 0.15) is 12.0 Å². The fraction of sp³-hybridized carbons (Fsp3) is 0.400. The molecule has 1 aliphatic rings. The average Bonchev–Trinajstić information content (AvgIpc) is 2.46. The van der Waals surface area contributed by atoms with Crippen molar-refractivity contribution in [2.24, 2.45) is 5.92 Å². The highest BCUT2D eigenvalue weighted by atomic mass is 32.2. The van der Waals surface area contributed by atoms with E-state index in [0.29, 0.717) is 6.42 Å². The van der Waals surface area contributed by atoms with E-state index < -0.39 is 10.8 Å². The summed E-state index contributed by atoms with van der Waals surface area (Å²) in [7, 11) is 0.396. The molecule has 4 atom stereocenters. The summed E-state index contributed by atoms with van der Waals surface area (Å²) in [4.78, 5) is 0.779. The van der Waals surface area contributed by atoms with E-state index in [9.17, 15) is 9.47 Å². The zero-order valence-corrected chi connectivity index (χ0v) is 11.9. The summed E-state index contributed by atoms with van der Waals surface area (Å²) in [5, 5.41) is 9.10. The summed E-state index contributed by atoms with van der Waals surface area (Å²) in [6, 6.07) is 9.89. The molecular formula is C15H17NO2S. The van der Waals surface area contributed by atoms with Crippen LogP contribution in [0.25, 0.3) is 0 Å². The standard InChI is InChI=1S/C15H17NO2S/c1-11-6-8-12(9-7-11)19(17)15-5-3-4-14(18-2)13(15)10-16/h3-4,6-9,13-15H,5H2,1-2H3/t13-,14+,15+,19+/m1/s1. The van der Waals surface area contributed by atoms with Crippen LogP contribution in [0.4, 0.5) is 0 Å². The van der Waals surface area contributed by atoms with Crippen LogP contribution in [0.15, 0.2) is 41.3 Å². The third-order valence-electron chi connectivity index (χ3n) is 3.40. The molecular weight excluding hydrogens is 258 g/mol. The largest absolute Gasteiger partial charge is 0.376 e. The van der Waals surface area contributed by atoms with Crippen molar-refractivity contribution in [1.82, 2.24) is 0 Å². The molecule has 0 heterocycles. The second kappa shape index (κ2) is 6.14. The van der Waals surface area contributed by atoms with E-state index in [0.717, 1.165) is 10.5 Å². The Morgan fingerprint density at radius 3 is 2.63 bits per heavy atom. The Kier molecular flexibility index (Phi) is 4.52. The summed E-state index contributed by atoms with van der Waals surface area (Å²) in [5.74, 6) is -0.364. The maximum atomic E-state index is 12.6. The van der Waals surface area contributed by atoms with Crippen LogP contribution in [0.2, 0.25) is 0 Å². The second-order valence-electron chi connectivity index (χ2n) is 4.67. The minimum Gasteiger partial charge on any atom is -0.376 e. The van der Waals surface area contributed by atoms with Crippen molar-refractivity contribution in [2.75, 3.05) is 7.11 Å². The van der Waals surface area contributed by atoms with Crippen LogP contribution in [-0.2, 0) is 15.5 Å². The van der Waals surface area contributed by atoms with Crippen LogP contribution in [-0.4, -0.2) is 22.7 Å². The third-order valence-corrected chi connectivity index (χ3v) is 5.17. The Morgan fingerprint density at radius 2 is 2.05 bits per heavy atom. The predicted octanol–water partition coefficient (Wildman–Crippen LogP) is 2.59. The van der Waals surface area contributed by atoms with Crippen molar-refractivity contribution in [3.63, 3.8) is 0 Å². The molecule has 0 saturated heterocycles. The molecule has 3 nitrogen and oxygen atoms in total. The van der Waals surface area contributed by atoms with Crippen molar-refractivity contribution in [1.29, 1.82) is 5.26 Å². The SMILES string of the molecule is CO[C@H]1C=CC[C@H]([S@@](=O)c2ccc(C)cc2)[C@@H]1C#N. The zero-order chi connectivity index (χ0) is 13.8. The molecule has 0 unspecified atom stereocenters. The summed E-state index contributed by atoms with van der Waals surface area (Å²) in [6.07, 6.45) is 4.23. The van der Waals surface area contributed by atoms with Gasteiger partial charge in [-0.15, -0.1) is 0 Å². The highest BCUT2D eigenvalue weighted by Crippen LogP contribution is 2.28. The maximum Gasteiger partial charge on any atom is 0.0922 e. The second-order valence-corrected chi connectivity index (χ2v) is 6.34. The highest BCUT2D eigenvalue weighted by molar-refractivity contribution is 7.85. The number of rotatable bonds is 3. The lowest BCUT2D eigenvalue weighted by Gasteiger charge is -2.28. The van der Waals surface area contributed by atoms with Gasteiger partial charge in [-0.05, 0) is 25.5 Å². The fourth-order valence-corrected chi connectivity index (χ4v) is 3.80. The molecule has 0 bridgehead atoms. The van der Waals surface area contributed by atoms with Gasteiger partial charge in [0.2, 0.25) is 0 Å². The normalized spacial score (nSPS) is 27.7. The predicted molar refractivity (Wildman–Crippen MR) is 75.0 cm³/mol. The first-order chi connectivity index (χ1) is 9.17. The maximum absolute atomic E-state index is 12.6. The lowest BCUT2D eigenvalue weighted by Crippen LogP contribution is -2.36. The van der Waals surface area contributed by atoms with E-state index in [1.165, 1.54) is 0 Å². The van der Waals surface area contributed by atoms with Gasteiger partial charge < -0.3 is 4.74 Å². The molecule has 1 aromatic rings. The molecule has 0 spiro atoms. The smallest absolute Gasteiger partial charge is 0.0922 e. The van der Waals surface area contributed by atoms with Gasteiger partial charge in [0.25, 0.3) is 0 Å². The Morgan fingerprint density at radius 1 is 1.37 bits per heavy atom. The van der Waals surface area contributed by atoms with Crippen molar-refractivity contribution in [3.8, 4) is 6.07 Å². The van der Waals surface area contributed by atoms with Gasteiger partial charge in [-0.1, -0.05) is 29.8 Å². The molecule has 0 N–H and O–H groups in total. The van der Waals surface area contributed by atoms with Gasteiger partial charge in [0.05, 0.1) is 34.1 Å². The van der Waals surface area contributed by atoms with Crippen molar-refractivity contribution in [2.45, 2.75) is 29.6 Å². The molecule has 0 amide bonds. The van der Waals surface area contributed by atoms with E-state index in [4.69, 9.17) is 4.74 Å². The first kappa shape index (κ1) is 14.0. The number of nitriles is 1. The van der Waals surface area contributed by atoms with Gasteiger partial charge in [-0.25, -0.2) is 0 Å². The molecule has 2 rings (SSSR count). The van der Waals surface area contributed by atoms with E-state index in [1.807, 2.05) is 43.3 Å². The summed E-state index contributed by atoms with van der Waals surface area (Å²) in [6.45, 7) is 2.00. The number of hydrogen-bond acceptors (Lipinski definition) is 3. The minimum atomic E-state index is -1.18. The van der Waals surface area contributed by atoms with E-state index in [2.05, 4.69) is 6.07 Å². The molecule has 0 aromatic heterocycles. The first-order valence-corrected chi connectivity index (χ1v) is 7.45. The van der Waals surface area contributed by atoms with Gasteiger partial charge >= 0.3 is 0 Å². The summed E-state index contributed by atoms with van der Waals surface area (Å²) < 4.78 is 17.9. The Hall–Kier alpha value is -1.44. The van der Waals surface area contributed by atoms with Crippen LogP contribution in [0.5, 0.6) is 0 Å². The molecule has 4 heteroatoms. The minimum absolute atomic E-state index is 0.206. The zero-order valence-electron chi connectivity index (χ0n) is 11.1. The number of methoxy groups -OCH3 is 1. The van der Waals surface area contributed by atoms with Crippen molar-refractivity contribution >= 4 is 10.8 Å². The molecule has 0 aliphatic heterocycles. The van der Waals surface area contributed by atoms with Crippen molar-refractivity contribution < 1.29 is 8.95 Å². The fourth-order valence-electron chi connectivity index (χ4n) is 2.27. The third kappa shape index (κ3) is 2.94. The molecule has 1 aliphatic carbocycles. The lowest BCUT2D eigenvalue weighted by molar-refractivity contribution is 0.104. The number of nitrogens with zero attached hydrogens (tertiary/aromatic N) is 1. The number of hydrogen-bond donors (Lipinski definition) is 0. The van der Waals surface area contributed by atoms with Gasteiger partial charge in [-0.3, -0.25) is 4.21 Å². The molecule has 1 aromatic carbocycles. The Bertz CT molecular complexity index is 530. The quantitative estimate of drug-likeness (QED) is 0.797. The number of aryl methyl sites for hydroxylation is 1. The number of benzene rings is 1. The molecule has 19 heavy (non-hydrogen) atoms. The van der Waals surface area contributed by atoms with Gasteiger partial charge in [-0.2, -0.15) is 5.26 Å². The Balaban J connectivity index is 2.25. The van der Waals surface area contributed by atoms with Gasteiger partial charge in [0, 0.05) is 12.0 Å². The lowest BCUT2D eigenvalue weighted by atomic mass is 9.92. The van der Waals surface area contributed by atoms with Gasteiger partial charge in [0.15, 0.2) is 0 Å². The molecule has 0 radical (unpaired) electrons. The van der Waals surface area contributed by atoms with E-state index >= 15 is 0 Å². The average molecular weight is 275 g/mol. The monoisotopic (exact) mass is 275 g/mol. The molecule has 100 valence electrons. The van der Waals surface area contributed by atoms with E-state index in [1.54, 1.807) is 7.11 Å². The van der Waals surface area contributed by atoms with Crippen LogP contribution in [0.3, 0.4) is 0 Å². The molecule has 0 fully saturated rings. The Labute approximate surface area is 116 Å². The van der Waals surface area contributed by atoms with Gasteiger partial charge in [0.1, 0.15) is 0 Å². The summed E-state index contributed by atoms with van der Waals surface area (Å²) in [5.41, 5.74) is 1.14. The van der Waals surface area contributed by atoms with Crippen molar-refractivity contribution in [3.05, 3.63) is 42.0 Å². The number of ether oxygens (including phenoxy) is 1.